The van der Waals surface area contributed by atoms with Crippen molar-refractivity contribution < 1.29 is 38.9 Å². The molecule has 19 heavy (non-hydrogen) atoms. The number of hydrogen-bond donors (Lipinski definition) is 3. The van der Waals surface area contributed by atoms with Crippen molar-refractivity contribution in [2.75, 3.05) is 0 Å². The van der Waals surface area contributed by atoms with Crippen molar-refractivity contribution in [2.24, 2.45) is 0 Å². The molecule has 0 amide bonds. The minimum atomic E-state index is -5.86. The molecule has 0 atom stereocenters. The molecule has 0 radical (unpaired) electrons. The zero-order valence-electron chi connectivity index (χ0n) is 8.85. The fourth-order valence-corrected chi connectivity index (χ4v) is 15.5. The van der Waals surface area contributed by atoms with E-state index >= 15 is 0 Å². The van der Waals surface area contributed by atoms with Gasteiger partial charge < -0.3 is 0 Å². The van der Waals surface area contributed by atoms with E-state index in [1.54, 1.807) is 0 Å². The predicted octanol–water partition coefficient (Wildman–Crippen LogP) is -0.262. The fraction of sp³-hybridized carbons (Fsp3) is 0. The molecule has 13 heteroatoms. The van der Waals surface area contributed by atoms with Crippen LogP contribution in [0.2, 0.25) is 0 Å². The van der Waals surface area contributed by atoms with Gasteiger partial charge in [-0.15, -0.1) is 0 Å². The molecule has 0 unspecified atom stereocenters. The molecule has 1 rings (SSSR count). The van der Waals surface area contributed by atoms with Crippen LogP contribution in [0.25, 0.3) is 0 Å². The van der Waals surface area contributed by atoms with Gasteiger partial charge in [0.2, 0.25) is 0 Å². The molecule has 0 spiro atoms. The standard InChI is InChI=1S/C6H7O9PS3/c7-17(8,9)16(18(10,11)12,19(13,14)15)6-4-2-1-3-5-6/h1-5H,(H2-,7,8,9,10,11,12,13,14,15)/p+1. The molecule has 0 saturated heterocycles. The smallest absolute Gasteiger partial charge is 0.255 e. The number of rotatable bonds is 4. The highest BCUT2D eigenvalue weighted by Crippen LogP contribution is 2.71. The van der Waals surface area contributed by atoms with Gasteiger partial charge in [-0.1, -0.05) is 18.2 Å². The molecule has 3 N–H and O–H groups in total. The van der Waals surface area contributed by atoms with Crippen LogP contribution in [0.4, 0.5) is 0 Å². The van der Waals surface area contributed by atoms with Gasteiger partial charge in [-0.2, -0.15) is 25.3 Å². The molecule has 0 aliphatic heterocycles. The molecule has 0 aliphatic carbocycles. The highest BCUT2D eigenvalue weighted by molar-refractivity contribution is 9.12. The van der Waals surface area contributed by atoms with Gasteiger partial charge in [0.25, 0.3) is 0 Å². The average molecular weight is 351 g/mol. The topological polar surface area (TPSA) is 163 Å². The summed E-state index contributed by atoms with van der Waals surface area (Å²) in [6.07, 6.45) is 0. The van der Waals surface area contributed by atoms with Crippen LogP contribution in [0.5, 0.6) is 0 Å². The van der Waals surface area contributed by atoms with E-state index in [9.17, 15) is 25.3 Å². The van der Waals surface area contributed by atoms with Crippen molar-refractivity contribution in [1.29, 1.82) is 0 Å². The molecule has 0 bridgehead atoms. The number of hydrogen-bond acceptors (Lipinski definition) is 6. The lowest BCUT2D eigenvalue weighted by molar-refractivity contribution is 0.492. The summed E-state index contributed by atoms with van der Waals surface area (Å²) in [5.74, 6) is 0. The van der Waals surface area contributed by atoms with Crippen LogP contribution in [0.15, 0.2) is 30.3 Å². The van der Waals surface area contributed by atoms with Crippen molar-refractivity contribution in [3.8, 4) is 0 Å². The molecule has 0 saturated carbocycles. The largest absolute Gasteiger partial charge is 0.477 e. The van der Waals surface area contributed by atoms with Crippen LogP contribution < -0.4 is 5.30 Å². The summed E-state index contributed by atoms with van der Waals surface area (Å²) in [6, 6.07) is 4.93. The van der Waals surface area contributed by atoms with E-state index in [1.165, 1.54) is 6.07 Å². The SMILES string of the molecule is O=S(=O)(O)[P+](c1ccccc1)(S(=O)(=O)O)S(=O)(=O)O. The Hall–Kier alpha value is -0.620. The summed E-state index contributed by atoms with van der Waals surface area (Å²) in [5, 5.41) is -0.942. The molecule has 1 aromatic rings. The van der Waals surface area contributed by atoms with Gasteiger partial charge in [-0.25, -0.2) is 0 Å². The second kappa shape index (κ2) is 4.74. The average Bonchev–Trinajstić information content (AvgIpc) is 2.12. The first-order valence-electron chi connectivity index (χ1n) is 4.23. The minimum Gasteiger partial charge on any atom is -0.255 e. The monoisotopic (exact) mass is 351 g/mol. The van der Waals surface area contributed by atoms with E-state index in [0.717, 1.165) is 24.3 Å². The zero-order chi connectivity index (χ0) is 15.1. The second-order valence-corrected chi connectivity index (χ2v) is 18.5. The normalized spacial score (nSPS) is 14.3. The summed E-state index contributed by atoms with van der Waals surface area (Å²) in [6.45, 7) is 0. The Morgan fingerprint density at radius 2 is 1.00 bits per heavy atom. The summed E-state index contributed by atoms with van der Waals surface area (Å²) < 4.78 is 94.6. The van der Waals surface area contributed by atoms with Crippen molar-refractivity contribution >= 4 is 39.4 Å². The summed E-state index contributed by atoms with van der Waals surface area (Å²) in [7, 11) is -17.6. The lowest BCUT2D eigenvalue weighted by atomic mass is 10.4. The van der Waals surface area contributed by atoms with Gasteiger partial charge in [0.05, 0.1) is 0 Å². The molecule has 0 heterocycles. The molecular weight excluding hydrogens is 343 g/mol. The molecular formula is C6H8O9PS3+. The lowest BCUT2D eigenvalue weighted by Crippen LogP contribution is -2.31. The van der Waals surface area contributed by atoms with Crippen LogP contribution in [-0.4, -0.2) is 38.9 Å². The quantitative estimate of drug-likeness (QED) is 0.489. The molecule has 9 nitrogen and oxygen atoms in total. The Kier molecular flexibility index (Phi) is 4.10. The third-order valence-corrected chi connectivity index (χ3v) is 22.3. The van der Waals surface area contributed by atoms with Gasteiger partial charge in [0, 0.05) is 0 Å². The lowest BCUT2D eigenvalue weighted by Gasteiger charge is -2.14. The van der Waals surface area contributed by atoms with E-state index in [-0.39, 0.29) is 0 Å². The molecule has 0 aliphatic rings. The van der Waals surface area contributed by atoms with Crippen molar-refractivity contribution in [1.82, 2.24) is 0 Å². The van der Waals surface area contributed by atoms with Crippen LogP contribution in [0.1, 0.15) is 0 Å². The Balaban J connectivity index is 4.12. The third-order valence-electron chi connectivity index (χ3n) is 1.98. The third kappa shape index (κ3) is 2.52. The van der Waals surface area contributed by atoms with Crippen molar-refractivity contribution in [2.45, 2.75) is 0 Å². The van der Waals surface area contributed by atoms with E-state index in [0.29, 0.717) is 0 Å². The predicted molar refractivity (Wildman–Crippen MR) is 67.6 cm³/mol. The Morgan fingerprint density at radius 3 is 1.26 bits per heavy atom. The van der Waals surface area contributed by atoms with Gasteiger partial charge >= 0.3 is 34.1 Å². The maximum absolute atomic E-state index is 11.3. The highest BCUT2D eigenvalue weighted by atomic mass is 33.4. The molecule has 0 aromatic heterocycles. The maximum Gasteiger partial charge on any atom is 0.477 e. The zero-order valence-corrected chi connectivity index (χ0v) is 12.2. The van der Waals surface area contributed by atoms with E-state index < -0.39 is 39.4 Å². The van der Waals surface area contributed by atoms with Crippen LogP contribution in [0.3, 0.4) is 0 Å². The summed E-state index contributed by atoms with van der Waals surface area (Å²) in [4.78, 5) is -5.82. The van der Waals surface area contributed by atoms with E-state index in [1.807, 2.05) is 0 Å². The Morgan fingerprint density at radius 1 is 0.684 bits per heavy atom. The van der Waals surface area contributed by atoms with E-state index in [2.05, 4.69) is 0 Å². The van der Waals surface area contributed by atoms with Crippen LogP contribution in [0, 0.1) is 0 Å². The molecule has 0 fully saturated rings. The van der Waals surface area contributed by atoms with Crippen molar-refractivity contribution in [3.05, 3.63) is 30.3 Å². The highest BCUT2D eigenvalue weighted by Gasteiger charge is 2.77. The minimum absolute atomic E-state index is 0.739. The first-order chi connectivity index (χ1) is 8.36. The van der Waals surface area contributed by atoms with Crippen molar-refractivity contribution in [3.63, 3.8) is 0 Å². The van der Waals surface area contributed by atoms with Crippen LogP contribution >= 0.6 is 4.87 Å². The van der Waals surface area contributed by atoms with Crippen LogP contribution in [-0.2, 0) is 29.2 Å². The Labute approximate surface area is 109 Å². The van der Waals surface area contributed by atoms with Gasteiger partial charge in [0.1, 0.15) is 0 Å². The molecule has 1 aromatic carbocycles. The van der Waals surface area contributed by atoms with Gasteiger partial charge in [0.15, 0.2) is 5.30 Å². The second-order valence-electron chi connectivity index (χ2n) is 3.18. The summed E-state index contributed by atoms with van der Waals surface area (Å²) >= 11 is 0. The van der Waals surface area contributed by atoms with E-state index in [4.69, 9.17) is 13.7 Å². The Bertz CT molecular complexity index is 699. The maximum atomic E-state index is 11.3. The first-order valence-corrected chi connectivity index (χ1v) is 12.2. The van der Waals surface area contributed by atoms with Gasteiger partial charge in [-0.3, -0.25) is 13.7 Å². The van der Waals surface area contributed by atoms with Gasteiger partial charge in [-0.05, 0) is 12.1 Å². The first kappa shape index (κ1) is 16.4. The summed E-state index contributed by atoms with van der Waals surface area (Å²) in [5.41, 5.74) is 0. The number of benzene rings is 1. The fourth-order valence-electron chi connectivity index (χ4n) is 1.37. The molecule has 108 valence electrons.